The van der Waals surface area contributed by atoms with Crippen LogP contribution in [0.4, 0.5) is 0 Å². The third-order valence-corrected chi connectivity index (χ3v) is 3.32. The number of ether oxygens (including phenoxy) is 1. The van der Waals surface area contributed by atoms with Crippen LogP contribution in [0.3, 0.4) is 0 Å². The largest absolute Gasteiger partial charge is 0.481 e. The Labute approximate surface area is 131 Å². The number of carbonyl (C=O) groups excluding carboxylic acids is 1. The van der Waals surface area contributed by atoms with Gasteiger partial charge in [-0.15, -0.1) is 0 Å². The van der Waals surface area contributed by atoms with Crippen LogP contribution in [0.25, 0.3) is 5.65 Å². The number of methoxy groups -OCH3 is 1. The molecule has 3 aromatic heterocycles. The lowest BCUT2D eigenvalue weighted by atomic mass is 10.2. The number of carbonyl (C=O) groups is 1. The molecule has 0 spiro atoms. The fraction of sp³-hybridized carbons (Fsp3) is 0.125. The average molecular weight is 310 g/mol. The van der Waals surface area contributed by atoms with E-state index >= 15 is 0 Å². The quantitative estimate of drug-likeness (QED) is 0.778. The minimum Gasteiger partial charge on any atom is -0.481 e. The zero-order chi connectivity index (χ0) is 16.2. The van der Waals surface area contributed by atoms with Crippen LogP contribution < -0.4 is 15.6 Å². The van der Waals surface area contributed by atoms with E-state index in [0.29, 0.717) is 11.5 Å². The van der Waals surface area contributed by atoms with Gasteiger partial charge < -0.3 is 10.1 Å². The number of hydrogen-bond acceptors (Lipinski definition) is 5. The molecule has 0 radical (unpaired) electrons. The van der Waals surface area contributed by atoms with Gasteiger partial charge in [0.2, 0.25) is 5.88 Å². The molecular formula is C16H14N4O3. The second-order valence-electron chi connectivity index (χ2n) is 4.79. The van der Waals surface area contributed by atoms with Crippen molar-refractivity contribution in [3.05, 3.63) is 70.4 Å². The Morgan fingerprint density at radius 1 is 1.30 bits per heavy atom. The molecule has 0 saturated heterocycles. The number of nitrogens with zero attached hydrogens (tertiary/aromatic N) is 3. The van der Waals surface area contributed by atoms with Crippen LogP contribution in [0.1, 0.15) is 15.9 Å². The Morgan fingerprint density at radius 3 is 3.00 bits per heavy atom. The Balaban J connectivity index is 1.81. The van der Waals surface area contributed by atoms with Gasteiger partial charge in [-0.1, -0.05) is 6.07 Å². The molecule has 1 amide bonds. The predicted molar refractivity (Wildman–Crippen MR) is 83.4 cm³/mol. The van der Waals surface area contributed by atoms with Gasteiger partial charge in [0.15, 0.2) is 0 Å². The fourth-order valence-electron chi connectivity index (χ4n) is 2.13. The topological polar surface area (TPSA) is 85.6 Å². The van der Waals surface area contributed by atoms with Crippen molar-refractivity contribution >= 4 is 11.6 Å². The summed E-state index contributed by atoms with van der Waals surface area (Å²) in [6, 6.07) is 8.66. The number of nitrogens with one attached hydrogen (secondary N) is 1. The van der Waals surface area contributed by atoms with Crippen LogP contribution in [-0.4, -0.2) is 27.4 Å². The average Bonchev–Trinajstić information content (AvgIpc) is 2.60. The maximum absolute atomic E-state index is 12.3. The molecule has 0 saturated carbocycles. The van der Waals surface area contributed by atoms with E-state index in [1.54, 1.807) is 42.7 Å². The first-order valence-corrected chi connectivity index (χ1v) is 6.92. The molecule has 3 heterocycles. The monoisotopic (exact) mass is 310 g/mol. The normalized spacial score (nSPS) is 10.5. The van der Waals surface area contributed by atoms with E-state index in [0.717, 1.165) is 5.56 Å². The summed E-state index contributed by atoms with van der Waals surface area (Å²) in [5, 5.41) is 2.70. The lowest BCUT2D eigenvalue weighted by Gasteiger charge is -2.07. The van der Waals surface area contributed by atoms with Crippen molar-refractivity contribution in [1.82, 2.24) is 19.7 Å². The molecule has 7 nitrogen and oxygen atoms in total. The summed E-state index contributed by atoms with van der Waals surface area (Å²) in [5.41, 5.74) is 0.905. The maximum atomic E-state index is 12.3. The van der Waals surface area contributed by atoms with E-state index in [9.17, 15) is 9.59 Å². The molecule has 3 rings (SSSR count). The minimum absolute atomic E-state index is 0.00489. The van der Waals surface area contributed by atoms with E-state index in [-0.39, 0.29) is 12.1 Å². The highest BCUT2D eigenvalue weighted by atomic mass is 16.5. The zero-order valence-corrected chi connectivity index (χ0v) is 12.4. The highest BCUT2D eigenvalue weighted by Crippen LogP contribution is 2.08. The van der Waals surface area contributed by atoms with Crippen molar-refractivity contribution < 1.29 is 9.53 Å². The molecule has 3 aromatic rings. The summed E-state index contributed by atoms with van der Waals surface area (Å²) in [4.78, 5) is 32.7. The summed E-state index contributed by atoms with van der Waals surface area (Å²) in [5.74, 6) is -0.0132. The molecule has 0 aliphatic carbocycles. The summed E-state index contributed by atoms with van der Waals surface area (Å²) in [7, 11) is 1.52. The van der Waals surface area contributed by atoms with E-state index < -0.39 is 11.5 Å². The fourth-order valence-corrected chi connectivity index (χ4v) is 2.13. The summed E-state index contributed by atoms with van der Waals surface area (Å²) in [6.07, 6.45) is 4.46. The van der Waals surface area contributed by atoms with Gasteiger partial charge in [0.25, 0.3) is 11.5 Å². The number of hydrogen-bond donors (Lipinski definition) is 1. The Kier molecular flexibility index (Phi) is 4.01. The maximum Gasteiger partial charge on any atom is 0.270 e. The summed E-state index contributed by atoms with van der Waals surface area (Å²) < 4.78 is 6.36. The molecule has 0 aromatic carbocycles. The molecule has 0 fully saturated rings. The molecule has 0 bridgehead atoms. The molecular weight excluding hydrogens is 296 g/mol. The number of aromatic nitrogens is 3. The van der Waals surface area contributed by atoms with Gasteiger partial charge in [-0.25, -0.2) is 9.97 Å². The van der Waals surface area contributed by atoms with Crippen molar-refractivity contribution in [2.45, 2.75) is 6.54 Å². The lowest BCUT2D eigenvalue weighted by molar-refractivity contribution is 0.0949. The first-order valence-electron chi connectivity index (χ1n) is 6.92. The van der Waals surface area contributed by atoms with Crippen molar-refractivity contribution in [1.29, 1.82) is 0 Å². The van der Waals surface area contributed by atoms with Gasteiger partial charge in [-0.3, -0.25) is 14.0 Å². The van der Waals surface area contributed by atoms with Gasteiger partial charge in [0.05, 0.1) is 7.11 Å². The molecule has 0 atom stereocenters. The predicted octanol–water partition coefficient (Wildman–Crippen LogP) is 1.03. The molecule has 0 aliphatic rings. The molecule has 7 heteroatoms. The van der Waals surface area contributed by atoms with Crippen LogP contribution >= 0.6 is 0 Å². The first kappa shape index (κ1) is 14.7. The zero-order valence-electron chi connectivity index (χ0n) is 12.4. The second kappa shape index (κ2) is 6.27. The Bertz CT molecular complexity index is 920. The second-order valence-corrected chi connectivity index (χ2v) is 4.79. The van der Waals surface area contributed by atoms with E-state index in [4.69, 9.17) is 4.74 Å². The van der Waals surface area contributed by atoms with Crippen LogP contribution in [0.5, 0.6) is 5.88 Å². The van der Waals surface area contributed by atoms with E-state index in [1.807, 2.05) is 0 Å². The van der Waals surface area contributed by atoms with Crippen molar-refractivity contribution in [2.24, 2.45) is 0 Å². The van der Waals surface area contributed by atoms with Crippen molar-refractivity contribution in [3.63, 3.8) is 0 Å². The van der Waals surface area contributed by atoms with E-state index in [1.165, 1.54) is 17.7 Å². The SMILES string of the molecule is COc1cc(CNC(=O)c2cnc3ccccn3c2=O)ccn1. The van der Waals surface area contributed by atoms with Gasteiger partial charge in [0.1, 0.15) is 11.2 Å². The Hall–Kier alpha value is -3.22. The third-order valence-electron chi connectivity index (χ3n) is 3.32. The standard InChI is InChI=1S/C16H14N4O3/c1-23-14-8-11(5-6-17-14)9-19-15(21)12-10-18-13-4-2-3-7-20(13)16(12)22/h2-8,10H,9H2,1H3,(H,19,21). The number of fused-ring (bicyclic) bond motifs is 1. The van der Waals surface area contributed by atoms with Gasteiger partial charge in [0, 0.05) is 31.2 Å². The lowest BCUT2D eigenvalue weighted by Crippen LogP contribution is -2.31. The van der Waals surface area contributed by atoms with E-state index in [2.05, 4.69) is 15.3 Å². The van der Waals surface area contributed by atoms with Crippen molar-refractivity contribution in [2.75, 3.05) is 7.11 Å². The highest BCUT2D eigenvalue weighted by Gasteiger charge is 2.12. The minimum atomic E-state index is -0.475. The molecule has 0 aliphatic heterocycles. The Morgan fingerprint density at radius 2 is 2.17 bits per heavy atom. The van der Waals surface area contributed by atoms with Crippen LogP contribution in [0.15, 0.2) is 53.7 Å². The highest BCUT2D eigenvalue weighted by molar-refractivity contribution is 5.93. The molecule has 116 valence electrons. The first-order chi connectivity index (χ1) is 11.2. The number of pyridine rings is 2. The number of rotatable bonds is 4. The summed E-state index contributed by atoms with van der Waals surface area (Å²) >= 11 is 0. The third kappa shape index (κ3) is 3.03. The molecule has 23 heavy (non-hydrogen) atoms. The van der Waals surface area contributed by atoms with Gasteiger partial charge in [-0.05, 0) is 23.8 Å². The summed E-state index contributed by atoms with van der Waals surface area (Å²) in [6.45, 7) is 0.259. The van der Waals surface area contributed by atoms with Crippen LogP contribution in [0, 0.1) is 0 Å². The number of amides is 1. The molecule has 0 unspecified atom stereocenters. The van der Waals surface area contributed by atoms with Gasteiger partial charge >= 0.3 is 0 Å². The van der Waals surface area contributed by atoms with Gasteiger partial charge in [-0.2, -0.15) is 0 Å². The van der Waals surface area contributed by atoms with Crippen LogP contribution in [0.2, 0.25) is 0 Å². The van der Waals surface area contributed by atoms with Crippen molar-refractivity contribution in [3.8, 4) is 5.88 Å². The van der Waals surface area contributed by atoms with Crippen LogP contribution in [-0.2, 0) is 6.54 Å². The smallest absolute Gasteiger partial charge is 0.270 e. The molecule has 1 N–H and O–H groups in total.